The van der Waals surface area contributed by atoms with Crippen molar-refractivity contribution in [1.82, 2.24) is 5.32 Å². The number of nitriles is 1. The van der Waals surface area contributed by atoms with Crippen LogP contribution in [0.4, 0.5) is 18.9 Å². The molecule has 1 aromatic carbocycles. The van der Waals surface area contributed by atoms with E-state index in [-0.39, 0.29) is 10.9 Å². The number of hydrogen-bond acceptors (Lipinski definition) is 4. The van der Waals surface area contributed by atoms with E-state index in [4.69, 9.17) is 5.26 Å². The summed E-state index contributed by atoms with van der Waals surface area (Å²) in [6.07, 6.45) is -1.76. The normalized spacial score (nSPS) is 11.8. The number of amidine groups is 1. The summed E-state index contributed by atoms with van der Waals surface area (Å²) in [5, 5.41) is 10.8. The number of Topliss-reactive ketones (excluding diaryl/α,β-unsaturated/α-hetero) is 1. The van der Waals surface area contributed by atoms with Crippen LogP contribution < -0.4 is 5.32 Å². The van der Waals surface area contributed by atoms with Gasteiger partial charge in [-0.25, -0.2) is 4.99 Å². The molecule has 0 saturated carbocycles. The molecule has 0 bridgehead atoms. The van der Waals surface area contributed by atoms with Gasteiger partial charge in [0.25, 0.3) is 5.78 Å². The first kappa shape index (κ1) is 15.0. The molecule has 0 atom stereocenters. The second-order valence-corrected chi connectivity index (χ2v) is 4.00. The van der Waals surface area contributed by atoms with Gasteiger partial charge in [-0.1, -0.05) is 23.9 Å². The second-order valence-electron chi connectivity index (χ2n) is 3.20. The monoisotopic (exact) mass is 287 g/mol. The Morgan fingerprint density at radius 2 is 2.05 bits per heavy atom. The van der Waals surface area contributed by atoms with Crippen molar-refractivity contribution in [1.29, 1.82) is 5.26 Å². The molecule has 0 aliphatic heterocycles. The van der Waals surface area contributed by atoms with Gasteiger partial charge >= 0.3 is 6.18 Å². The summed E-state index contributed by atoms with van der Waals surface area (Å²) >= 11 is 1.04. The molecule has 1 aromatic rings. The molecule has 1 rings (SSSR count). The van der Waals surface area contributed by atoms with Gasteiger partial charge < -0.3 is 0 Å². The smallest absolute Gasteiger partial charge is 0.284 e. The Hall–Kier alpha value is -2.01. The van der Waals surface area contributed by atoms with E-state index in [0.29, 0.717) is 0 Å². The van der Waals surface area contributed by atoms with E-state index in [1.807, 2.05) is 0 Å². The van der Waals surface area contributed by atoms with Gasteiger partial charge in [0.2, 0.25) is 0 Å². The summed E-state index contributed by atoms with van der Waals surface area (Å²) < 4.78 is 37.2. The molecular formula is C11H8F3N3OS. The predicted molar refractivity (Wildman–Crippen MR) is 66.2 cm³/mol. The average molecular weight is 287 g/mol. The largest absolute Gasteiger partial charge is 0.454 e. The lowest BCUT2D eigenvalue weighted by Gasteiger charge is -2.08. The van der Waals surface area contributed by atoms with Crippen LogP contribution in [0.15, 0.2) is 29.3 Å². The first-order valence-corrected chi connectivity index (χ1v) is 6.11. The Balaban J connectivity index is 3.24. The first-order valence-electron chi connectivity index (χ1n) is 4.88. The van der Waals surface area contributed by atoms with E-state index >= 15 is 0 Å². The standard InChI is InChI=1S/C11H8F3N3OS/c1-19-10(16-6-15)17-8-5-3-2-4-7(8)9(18)11(12,13)14/h2-5H,1H3,(H,16,17). The number of carbonyl (C=O) groups is 1. The van der Waals surface area contributed by atoms with E-state index in [2.05, 4.69) is 10.3 Å². The summed E-state index contributed by atoms with van der Waals surface area (Å²) in [7, 11) is 0. The van der Waals surface area contributed by atoms with Crippen LogP contribution in [-0.2, 0) is 0 Å². The summed E-state index contributed by atoms with van der Waals surface area (Å²) in [6.45, 7) is 0. The molecule has 0 fully saturated rings. The third kappa shape index (κ3) is 3.99. The Kier molecular flexibility index (Phi) is 4.94. The SMILES string of the molecule is CSC(=Nc1ccccc1C(=O)C(F)(F)F)NC#N. The van der Waals surface area contributed by atoms with E-state index in [0.717, 1.165) is 17.8 Å². The lowest BCUT2D eigenvalue weighted by Crippen LogP contribution is -2.23. The summed E-state index contributed by atoms with van der Waals surface area (Å²) in [5.74, 6) is -1.97. The molecule has 0 spiro atoms. The summed E-state index contributed by atoms with van der Waals surface area (Å²) in [6, 6.07) is 5.08. The number of rotatable bonds is 2. The van der Waals surface area contributed by atoms with Gasteiger partial charge in [0.15, 0.2) is 11.4 Å². The van der Waals surface area contributed by atoms with Crippen LogP contribution in [-0.4, -0.2) is 23.4 Å². The van der Waals surface area contributed by atoms with Gasteiger partial charge in [0.05, 0.1) is 11.3 Å². The van der Waals surface area contributed by atoms with Gasteiger partial charge in [-0.3, -0.25) is 10.1 Å². The van der Waals surface area contributed by atoms with Crippen LogP contribution in [0.1, 0.15) is 10.4 Å². The van der Waals surface area contributed by atoms with Crippen LogP contribution in [0.25, 0.3) is 0 Å². The van der Waals surface area contributed by atoms with Gasteiger partial charge in [-0.15, -0.1) is 0 Å². The molecule has 0 amide bonds. The number of halogens is 3. The Morgan fingerprint density at radius 1 is 1.42 bits per heavy atom. The molecule has 0 unspecified atom stereocenters. The van der Waals surface area contributed by atoms with Crippen LogP contribution in [0.3, 0.4) is 0 Å². The van der Waals surface area contributed by atoms with Gasteiger partial charge in [0, 0.05) is 0 Å². The molecule has 1 N–H and O–H groups in total. The average Bonchev–Trinajstić information content (AvgIpc) is 2.37. The van der Waals surface area contributed by atoms with E-state index < -0.39 is 17.5 Å². The number of alkyl halides is 3. The van der Waals surface area contributed by atoms with Crippen molar-refractivity contribution in [2.24, 2.45) is 4.99 Å². The number of ketones is 1. The van der Waals surface area contributed by atoms with Crippen molar-refractivity contribution >= 4 is 28.4 Å². The molecule has 4 nitrogen and oxygen atoms in total. The minimum absolute atomic E-state index is 0.102. The van der Waals surface area contributed by atoms with Crippen molar-refractivity contribution in [3.63, 3.8) is 0 Å². The molecule has 8 heteroatoms. The van der Waals surface area contributed by atoms with E-state index in [1.165, 1.54) is 18.2 Å². The molecule has 0 aliphatic rings. The molecule has 0 aromatic heterocycles. The minimum atomic E-state index is -4.96. The number of nitrogens with zero attached hydrogens (tertiary/aromatic N) is 2. The van der Waals surface area contributed by atoms with Crippen molar-refractivity contribution in [2.45, 2.75) is 6.18 Å². The lowest BCUT2D eigenvalue weighted by atomic mass is 10.1. The summed E-state index contributed by atoms with van der Waals surface area (Å²) in [4.78, 5) is 15.1. The van der Waals surface area contributed by atoms with Crippen LogP contribution in [0.2, 0.25) is 0 Å². The lowest BCUT2D eigenvalue weighted by molar-refractivity contribution is -0.0884. The number of carbonyl (C=O) groups excluding carboxylic acids is 1. The zero-order valence-electron chi connectivity index (χ0n) is 9.65. The third-order valence-corrected chi connectivity index (χ3v) is 2.56. The van der Waals surface area contributed by atoms with Crippen molar-refractivity contribution in [3.8, 4) is 6.19 Å². The number of para-hydroxylation sites is 1. The fourth-order valence-electron chi connectivity index (χ4n) is 1.20. The van der Waals surface area contributed by atoms with Crippen molar-refractivity contribution < 1.29 is 18.0 Å². The second kappa shape index (κ2) is 6.24. The minimum Gasteiger partial charge on any atom is -0.284 e. The maximum absolute atomic E-state index is 12.4. The van der Waals surface area contributed by atoms with Crippen molar-refractivity contribution in [2.75, 3.05) is 6.26 Å². The molecule has 0 radical (unpaired) electrons. The quantitative estimate of drug-likeness (QED) is 0.299. The zero-order valence-corrected chi connectivity index (χ0v) is 10.5. The van der Waals surface area contributed by atoms with Crippen LogP contribution in [0.5, 0.6) is 0 Å². The molecular weight excluding hydrogens is 279 g/mol. The Labute approximate surface area is 111 Å². The molecule has 0 aliphatic carbocycles. The molecule has 0 saturated heterocycles. The number of benzene rings is 1. The third-order valence-electron chi connectivity index (χ3n) is 1.98. The highest BCUT2D eigenvalue weighted by atomic mass is 32.2. The van der Waals surface area contributed by atoms with Crippen LogP contribution in [0, 0.1) is 11.5 Å². The maximum atomic E-state index is 12.4. The fraction of sp³-hybridized carbons (Fsp3) is 0.182. The highest BCUT2D eigenvalue weighted by molar-refractivity contribution is 8.13. The highest BCUT2D eigenvalue weighted by Gasteiger charge is 2.40. The van der Waals surface area contributed by atoms with Gasteiger partial charge in [0.1, 0.15) is 0 Å². The summed E-state index contributed by atoms with van der Waals surface area (Å²) in [5.41, 5.74) is -0.696. The maximum Gasteiger partial charge on any atom is 0.454 e. The van der Waals surface area contributed by atoms with Crippen molar-refractivity contribution in [3.05, 3.63) is 29.8 Å². The number of thioether (sulfide) groups is 1. The Morgan fingerprint density at radius 3 is 2.58 bits per heavy atom. The highest BCUT2D eigenvalue weighted by Crippen LogP contribution is 2.28. The van der Waals surface area contributed by atoms with E-state index in [9.17, 15) is 18.0 Å². The zero-order chi connectivity index (χ0) is 14.5. The molecule has 19 heavy (non-hydrogen) atoms. The number of aliphatic imine (C=N–C) groups is 1. The molecule has 0 heterocycles. The predicted octanol–water partition coefficient (Wildman–Crippen LogP) is 2.85. The van der Waals surface area contributed by atoms with Crippen LogP contribution >= 0.6 is 11.8 Å². The molecule has 100 valence electrons. The van der Waals surface area contributed by atoms with Gasteiger partial charge in [-0.05, 0) is 18.4 Å². The topological polar surface area (TPSA) is 65.2 Å². The Bertz CT molecular complexity index is 549. The van der Waals surface area contributed by atoms with E-state index in [1.54, 1.807) is 12.4 Å². The fourth-order valence-corrected chi connectivity index (χ4v) is 1.54. The first-order chi connectivity index (χ1) is 8.90. The number of nitrogens with one attached hydrogen (secondary N) is 1. The van der Waals surface area contributed by atoms with Gasteiger partial charge in [-0.2, -0.15) is 18.4 Å². The number of hydrogen-bond donors (Lipinski definition) is 1.